The molecule has 0 radical (unpaired) electrons. The average molecular weight is 299 g/mol. The lowest BCUT2D eigenvalue weighted by molar-refractivity contribution is -0.122. The van der Waals surface area contributed by atoms with E-state index in [2.05, 4.69) is 12.2 Å². The van der Waals surface area contributed by atoms with E-state index in [4.69, 9.17) is 4.74 Å². The van der Waals surface area contributed by atoms with Crippen molar-refractivity contribution >= 4 is 5.91 Å². The molecule has 0 saturated heterocycles. The van der Waals surface area contributed by atoms with Crippen molar-refractivity contribution in [1.82, 2.24) is 5.32 Å². The third-order valence-corrected chi connectivity index (χ3v) is 3.89. The van der Waals surface area contributed by atoms with Crippen LogP contribution in [0.2, 0.25) is 0 Å². The maximum Gasteiger partial charge on any atom is 0.223 e. The van der Waals surface area contributed by atoms with Crippen LogP contribution in [0.25, 0.3) is 0 Å². The van der Waals surface area contributed by atoms with E-state index in [-0.39, 0.29) is 17.6 Å². The van der Waals surface area contributed by atoms with Crippen LogP contribution in [-0.4, -0.2) is 5.91 Å². The van der Waals surface area contributed by atoms with Gasteiger partial charge in [-0.3, -0.25) is 4.79 Å². The molecule has 0 bridgehead atoms. The molecule has 114 valence electrons. The predicted octanol–water partition coefficient (Wildman–Crippen LogP) is 3.89. The summed E-state index contributed by atoms with van der Waals surface area (Å²) in [6.07, 6.45) is 0.996. The van der Waals surface area contributed by atoms with Gasteiger partial charge in [-0.2, -0.15) is 0 Å². The number of hydrogen-bond acceptors (Lipinski definition) is 2. The molecular formula is C18H18FNO2. The lowest BCUT2D eigenvalue weighted by Gasteiger charge is -2.08. The largest absolute Gasteiger partial charge is 0.457 e. The van der Waals surface area contributed by atoms with Crippen molar-refractivity contribution in [1.29, 1.82) is 0 Å². The summed E-state index contributed by atoms with van der Waals surface area (Å²) in [5.41, 5.74) is 1.02. The molecule has 1 aliphatic rings. The van der Waals surface area contributed by atoms with Gasteiger partial charge in [0.15, 0.2) is 0 Å². The smallest absolute Gasteiger partial charge is 0.223 e. The molecule has 2 aromatic rings. The molecule has 0 spiro atoms. The molecular weight excluding hydrogens is 281 g/mol. The first-order chi connectivity index (χ1) is 10.6. The summed E-state index contributed by atoms with van der Waals surface area (Å²) in [5.74, 6) is 1.83. The monoisotopic (exact) mass is 299 g/mol. The number of ether oxygens (including phenoxy) is 1. The van der Waals surface area contributed by atoms with Gasteiger partial charge < -0.3 is 10.1 Å². The van der Waals surface area contributed by atoms with Gasteiger partial charge in [-0.25, -0.2) is 4.39 Å². The summed E-state index contributed by atoms with van der Waals surface area (Å²) in [7, 11) is 0. The predicted molar refractivity (Wildman–Crippen MR) is 82.0 cm³/mol. The quantitative estimate of drug-likeness (QED) is 0.909. The van der Waals surface area contributed by atoms with Crippen molar-refractivity contribution < 1.29 is 13.9 Å². The Kier molecular flexibility index (Phi) is 4.09. The molecule has 3 rings (SSSR count). The maximum absolute atomic E-state index is 12.8. The number of rotatable bonds is 5. The standard InChI is InChI=1S/C18H18FNO2/c1-12-10-17(12)18(21)20-11-13-2-6-15(7-3-13)22-16-8-4-14(19)5-9-16/h2-9,12,17H,10-11H2,1H3,(H,20,21)/t12-,17-/m1/s1. The van der Waals surface area contributed by atoms with E-state index in [0.717, 1.165) is 12.0 Å². The lowest BCUT2D eigenvalue weighted by atomic mass is 10.2. The molecule has 22 heavy (non-hydrogen) atoms. The number of carbonyl (C=O) groups is 1. The van der Waals surface area contributed by atoms with Crippen LogP contribution >= 0.6 is 0 Å². The average Bonchev–Trinajstić information content (AvgIpc) is 3.26. The van der Waals surface area contributed by atoms with Crippen LogP contribution < -0.4 is 10.1 Å². The Labute approximate surface area is 129 Å². The number of hydrogen-bond donors (Lipinski definition) is 1. The van der Waals surface area contributed by atoms with Crippen molar-refractivity contribution in [3.8, 4) is 11.5 Å². The zero-order valence-electron chi connectivity index (χ0n) is 12.4. The van der Waals surface area contributed by atoms with Gasteiger partial charge in [0.1, 0.15) is 17.3 Å². The number of benzene rings is 2. The van der Waals surface area contributed by atoms with Crippen LogP contribution in [0.15, 0.2) is 48.5 Å². The molecule has 3 nitrogen and oxygen atoms in total. The highest BCUT2D eigenvalue weighted by molar-refractivity contribution is 5.81. The van der Waals surface area contributed by atoms with Gasteiger partial charge in [0.2, 0.25) is 5.91 Å². The molecule has 2 atom stereocenters. The van der Waals surface area contributed by atoms with E-state index < -0.39 is 0 Å². The fraction of sp³-hybridized carbons (Fsp3) is 0.278. The van der Waals surface area contributed by atoms with Gasteiger partial charge in [-0.1, -0.05) is 19.1 Å². The Balaban J connectivity index is 1.53. The highest BCUT2D eigenvalue weighted by Gasteiger charge is 2.38. The fourth-order valence-corrected chi connectivity index (χ4v) is 2.32. The number of nitrogens with one attached hydrogen (secondary N) is 1. The third-order valence-electron chi connectivity index (χ3n) is 3.89. The Hall–Kier alpha value is -2.36. The van der Waals surface area contributed by atoms with E-state index in [0.29, 0.717) is 24.0 Å². The van der Waals surface area contributed by atoms with Crippen molar-refractivity contribution in [2.24, 2.45) is 11.8 Å². The van der Waals surface area contributed by atoms with E-state index in [1.807, 2.05) is 24.3 Å². The van der Waals surface area contributed by atoms with E-state index >= 15 is 0 Å². The summed E-state index contributed by atoms with van der Waals surface area (Å²) >= 11 is 0. The van der Waals surface area contributed by atoms with Gasteiger partial charge in [-0.05, 0) is 54.3 Å². The Bertz CT molecular complexity index is 652. The summed E-state index contributed by atoms with van der Waals surface area (Å²) in [6, 6.07) is 13.4. The summed E-state index contributed by atoms with van der Waals surface area (Å²) in [6.45, 7) is 2.62. The van der Waals surface area contributed by atoms with Crippen LogP contribution in [0, 0.1) is 17.7 Å². The number of halogens is 1. The first-order valence-electron chi connectivity index (χ1n) is 7.42. The SMILES string of the molecule is C[C@@H]1C[C@H]1C(=O)NCc1ccc(Oc2ccc(F)cc2)cc1. The minimum atomic E-state index is -0.288. The summed E-state index contributed by atoms with van der Waals surface area (Å²) < 4.78 is 18.4. The molecule has 0 aliphatic heterocycles. The second kappa shape index (κ2) is 6.18. The van der Waals surface area contributed by atoms with E-state index in [9.17, 15) is 9.18 Å². The molecule has 4 heteroatoms. The van der Waals surface area contributed by atoms with Gasteiger partial charge in [-0.15, -0.1) is 0 Å². The molecule has 1 fully saturated rings. The number of carbonyl (C=O) groups excluding carboxylic acids is 1. The summed E-state index contributed by atoms with van der Waals surface area (Å²) in [4.78, 5) is 11.8. The lowest BCUT2D eigenvalue weighted by Crippen LogP contribution is -2.24. The molecule has 1 saturated carbocycles. The molecule has 0 aromatic heterocycles. The second-order valence-corrected chi connectivity index (χ2v) is 5.74. The second-order valence-electron chi connectivity index (χ2n) is 5.74. The van der Waals surface area contributed by atoms with Crippen LogP contribution in [0.1, 0.15) is 18.9 Å². The van der Waals surface area contributed by atoms with Crippen molar-refractivity contribution in [3.05, 3.63) is 59.9 Å². The van der Waals surface area contributed by atoms with Crippen molar-refractivity contribution in [3.63, 3.8) is 0 Å². The number of amides is 1. The molecule has 0 heterocycles. The van der Waals surface area contributed by atoms with Gasteiger partial charge in [0, 0.05) is 12.5 Å². The van der Waals surface area contributed by atoms with E-state index in [1.54, 1.807) is 12.1 Å². The molecule has 0 unspecified atom stereocenters. The van der Waals surface area contributed by atoms with Crippen molar-refractivity contribution in [2.45, 2.75) is 19.9 Å². The molecule has 1 aliphatic carbocycles. The fourth-order valence-electron chi connectivity index (χ4n) is 2.32. The normalized spacial score (nSPS) is 19.5. The highest BCUT2D eigenvalue weighted by atomic mass is 19.1. The van der Waals surface area contributed by atoms with Gasteiger partial charge >= 0.3 is 0 Å². The van der Waals surface area contributed by atoms with Crippen LogP contribution in [0.5, 0.6) is 11.5 Å². The van der Waals surface area contributed by atoms with Crippen LogP contribution in [0.3, 0.4) is 0 Å². The van der Waals surface area contributed by atoms with Crippen LogP contribution in [0.4, 0.5) is 4.39 Å². The zero-order valence-corrected chi connectivity index (χ0v) is 12.4. The zero-order chi connectivity index (χ0) is 15.5. The minimum Gasteiger partial charge on any atom is -0.457 e. The maximum atomic E-state index is 12.8. The van der Waals surface area contributed by atoms with Crippen LogP contribution in [-0.2, 0) is 11.3 Å². The topological polar surface area (TPSA) is 38.3 Å². The Morgan fingerprint density at radius 3 is 2.23 bits per heavy atom. The molecule has 2 aromatic carbocycles. The highest BCUT2D eigenvalue weighted by Crippen LogP contribution is 2.37. The Morgan fingerprint density at radius 2 is 1.68 bits per heavy atom. The van der Waals surface area contributed by atoms with Gasteiger partial charge in [0.25, 0.3) is 0 Å². The molecule has 1 N–H and O–H groups in total. The van der Waals surface area contributed by atoms with Gasteiger partial charge in [0.05, 0.1) is 0 Å². The first kappa shape index (κ1) is 14.6. The first-order valence-corrected chi connectivity index (χ1v) is 7.42. The van der Waals surface area contributed by atoms with E-state index in [1.165, 1.54) is 12.1 Å². The summed E-state index contributed by atoms with van der Waals surface area (Å²) in [5, 5.41) is 2.95. The van der Waals surface area contributed by atoms with Crippen molar-refractivity contribution in [2.75, 3.05) is 0 Å². The molecule has 1 amide bonds. The third kappa shape index (κ3) is 3.64. The Morgan fingerprint density at radius 1 is 1.14 bits per heavy atom. The minimum absolute atomic E-state index is 0.138.